The van der Waals surface area contributed by atoms with Crippen LogP contribution in [0.1, 0.15) is 47.0 Å². The lowest BCUT2D eigenvalue weighted by molar-refractivity contribution is -0.126. The first kappa shape index (κ1) is 12.1. The van der Waals surface area contributed by atoms with E-state index in [2.05, 4.69) is 5.32 Å². The lowest BCUT2D eigenvalue weighted by Gasteiger charge is -2.20. The van der Waals surface area contributed by atoms with E-state index >= 15 is 0 Å². The van der Waals surface area contributed by atoms with Crippen molar-refractivity contribution >= 4 is 11.7 Å². The molecule has 3 heteroatoms. The molecule has 0 bridgehead atoms. The fourth-order valence-corrected chi connectivity index (χ4v) is 0.910. The lowest BCUT2D eigenvalue weighted by Crippen LogP contribution is -2.40. The highest BCUT2D eigenvalue weighted by Crippen LogP contribution is 2.01. The first-order valence-electron chi connectivity index (χ1n) is 4.68. The molecule has 0 radical (unpaired) electrons. The molecular weight excluding hydrogens is 166 g/mol. The number of carbonyl (C=O) groups is 2. The summed E-state index contributed by atoms with van der Waals surface area (Å²) < 4.78 is 0. The molecule has 0 rings (SSSR count). The monoisotopic (exact) mass is 185 g/mol. The van der Waals surface area contributed by atoms with Gasteiger partial charge in [-0.25, -0.2) is 0 Å². The van der Waals surface area contributed by atoms with Crippen molar-refractivity contribution in [2.24, 2.45) is 0 Å². The molecule has 76 valence electrons. The molecule has 1 N–H and O–H groups in total. The van der Waals surface area contributed by atoms with E-state index in [1.54, 1.807) is 0 Å². The Kier molecular flexibility index (Phi) is 4.67. The number of hydrogen-bond acceptors (Lipinski definition) is 2. The molecule has 0 aromatic heterocycles. The first-order valence-corrected chi connectivity index (χ1v) is 4.68. The van der Waals surface area contributed by atoms with Gasteiger partial charge in [-0.1, -0.05) is 6.92 Å². The molecule has 0 unspecified atom stereocenters. The van der Waals surface area contributed by atoms with E-state index in [-0.39, 0.29) is 17.2 Å². The molecule has 0 aromatic rings. The van der Waals surface area contributed by atoms with Crippen LogP contribution in [0.3, 0.4) is 0 Å². The Morgan fingerprint density at radius 3 is 2.08 bits per heavy atom. The van der Waals surface area contributed by atoms with Gasteiger partial charge in [-0.05, 0) is 20.8 Å². The summed E-state index contributed by atoms with van der Waals surface area (Å²) in [7, 11) is 0. The second-order valence-electron chi connectivity index (χ2n) is 4.19. The zero-order valence-corrected chi connectivity index (χ0v) is 8.94. The number of Topliss-reactive ketones (excluding diaryl/α,β-unsaturated/α-hetero) is 1. The number of amides is 1. The van der Waals surface area contributed by atoms with Crippen molar-refractivity contribution in [3.8, 4) is 0 Å². The van der Waals surface area contributed by atoms with E-state index in [4.69, 9.17) is 0 Å². The quantitative estimate of drug-likeness (QED) is 0.724. The van der Waals surface area contributed by atoms with Crippen LogP contribution in [0.4, 0.5) is 0 Å². The molecule has 0 aliphatic carbocycles. The van der Waals surface area contributed by atoms with Crippen molar-refractivity contribution in [2.45, 2.75) is 52.5 Å². The van der Waals surface area contributed by atoms with Gasteiger partial charge in [-0.3, -0.25) is 9.59 Å². The van der Waals surface area contributed by atoms with Gasteiger partial charge in [-0.2, -0.15) is 0 Å². The Hall–Kier alpha value is -0.860. The topological polar surface area (TPSA) is 46.2 Å². The third-order valence-electron chi connectivity index (χ3n) is 1.54. The highest BCUT2D eigenvalue weighted by molar-refractivity contribution is 5.84. The highest BCUT2D eigenvalue weighted by atomic mass is 16.2. The Morgan fingerprint density at radius 1 is 1.15 bits per heavy atom. The number of rotatable bonds is 4. The molecule has 0 spiro atoms. The minimum absolute atomic E-state index is 0.0469. The number of carbonyl (C=O) groups excluding carboxylic acids is 2. The smallest absolute Gasteiger partial charge is 0.220 e. The molecular formula is C10H19NO2. The molecule has 0 aromatic carbocycles. The van der Waals surface area contributed by atoms with Crippen molar-refractivity contribution in [1.82, 2.24) is 5.32 Å². The van der Waals surface area contributed by atoms with E-state index in [1.165, 1.54) is 0 Å². The van der Waals surface area contributed by atoms with Crippen LogP contribution in [0.15, 0.2) is 0 Å². The van der Waals surface area contributed by atoms with Crippen LogP contribution < -0.4 is 5.32 Å². The Bertz CT molecular complexity index is 192. The van der Waals surface area contributed by atoms with Crippen molar-refractivity contribution in [2.75, 3.05) is 0 Å². The van der Waals surface area contributed by atoms with Crippen LogP contribution in [-0.4, -0.2) is 17.2 Å². The van der Waals surface area contributed by atoms with E-state index in [0.717, 1.165) is 0 Å². The predicted octanol–water partition coefficient (Wildman–Crippen LogP) is 1.66. The standard InChI is InChI=1S/C10H19NO2/c1-5-8(12)6-7-9(13)11-10(2,3)4/h5-7H2,1-4H3,(H,11,13). The van der Waals surface area contributed by atoms with E-state index in [9.17, 15) is 9.59 Å². The van der Waals surface area contributed by atoms with Crippen LogP contribution in [0, 0.1) is 0 Å². The van der Waals surface area contributed by atoms with Crippen LogP contribution in [0.2, 0.25) is 0 Å². The summed E-state index contributed by atoms with van der Waals surface area (Å²) in [6.07, 6.45) is 1.19. The molecule has 13 heavy (non-hydrogen) atoms. The SMILES string of the molecule is CCC(=O)CCC(=O)NC(C)(C)C. The largest absolute Gasteiger partial charge is 0.351 e. The average molecular weight is 185 g/mol. The Labute approximate surface area is 79.9 Å². The fraction of sp³-hybridized carbons (Fsp3) is 0.800. The zero-order valence-electron chi connectivity index (χ0n) is 8.94. The van der Waals surface area contributed by atoms with Gasteiger partial charge in [0.25, 0.3) is 0 Å². The van der Waals surface area contributed by atoms with Gasteiger partial charge in [-0.15, -0.1) is 0 Å². The molecule has 0 saturated carbocycles. The maximum absolute atomic E-state index is 11.2. The predicted molar refractivity (Wildman–Crippen MR) is 52.4 cm³/mol. The summed E-state index contributed by atoms with van der Waals surface area (Å²) >= 11 is 0. The van der Waals surface area contributed by atoms with Crippen molar-refractivity contribution in [3.05, 3.63) is 0 Å². The summed E-state index contributed by atoms with van der Waals surface area (Å²) in [6.45, 7) is 7.58. The molecule has 1 amide bonds. The third-order valence-corrected chi connectivity index (χ3v) is 1.54. The van der Waals surface area contributed by atoms with E-state index < -0.39 is 0 Å². The van der Waals surface area contributed by atoms with E-state index in [0.29, 0.717) is 19.3 Å². The average Bonchev–Trinajstić information content (AvgIpc) is 1.97. The van der Waals surface area contributed by atoms with Crippen molar-refractivity contribution < 1.29 is 9.59 Å². The number of ketones is 1. The van der Waals surface area contributed by atoms with Gasteiger partial charge in [0.1, 0.15) is 5.78 Å². The maximum atomic E-state index is 11.2. The fourth-order valence-electron chi connectivity index (χ4n) is 0.910. The number of hydrogen-bond donors (Lipinski definition) is 1. The first-order chi connectivity index (χ1) is 5.85. The second-order valence-corrected chi connectivity index (χ2v) is 4.19. The number of nitrogens with one attached hydrogen (secondary N) is 1. The molecule has 0 atom stereocenters. The summed E-state index contributed by atoms with van der Waals surface area (Å²) in [6, 6.07) is 0. The van der Waals surface area contributed by atoms with Crippen LogP contribution in [-0.2, 0) is 9.59 Å². The molecule has 0 fully saturated rings. The second kappa shape index (κ2) is 5.00. The summed E-state index contributed by atoms with van der Waals surface area (Å²) in [5.74, 6) is 0.0957. The molecule has 3 nitrogen and oxygen atoms in total. The Balaban J connectivity index is 3.71. The minimum Gasteiger partial charge on any atom is -0.351 e. The minimum atomic E-state index is -0.202. The normalized spacial score (nSPS) is 11.1. The van der Waals surface area contributed by atoms with E-state index in [1.807, 2.05) is 27.7 Å². The molecule has 0 heterocycles. The summed E-state index contributed by atoms with van der Waals surface area (Å²) in [4.78, 5) is 22.1. The van der Waals surface area contributed by atoms with Crippen LogP contribution in [0.25, 0.3) is 0 Å². The van der Waals surface area contributed by atoms with Gasteiger partial charge < -0.3 is 5.32 Å². The van der Waals surface area contributed by atoms with Crippen LogP contribution >= 0.6 is 0 Å². The molecule has 0 saturated heterocycles. The zero-order chi connectivity index (χ0) is 10.5. The Morgan fingerprint density at radius 2 is 1.69 bits per heavy atom. The van der Waals surface area contributed by atoms with Gasteiger partial charge >= 0.3 is 0 Å². The van der Waals surface area contributed by atoms with Gasteiger partial charge in [0, 0.05) is 24.8 Å². The third kappa shape index (κ3) is 7.50. The van der Waals surface area contributed by atoms with Gasteiger partial charge in [0.05, 0.1) is 0 Å². The van der Waals surface area contributed by atoms with Crippen molar-refractivity contribution in [3.63, 3.8) is 0 Å². The van der Waals surface area contributed by atoms with Gasteiger partial charge in [0.2, 0.25) is 5.91 Å². The van der Waals surface area contributed by atoms with Crippen LogP contribution in [0.5, 0.6) is 0 Å². The molecule has 0 aliphatic heterocycles. The lowest BCUT2D eigenvalue weighted by atomic mass is 10.1. The van der Waals surface area contributed by atoms with Crippen molar-refractivity contribution in [1.29, 1.82) is 0 Å². The van der Waals surface area contributed by atoms with Gasteiger partial charge in [0.15, 0.2) is 0 Å². The maximum Gasteiger partial charge on any atom is 0.220 e. The highest BCUT2D eigenvalue weighted by Gasteiger charge is 2.13. The summed E-state index contributed by atoms with van der Waals surface area (Å²) in [5, 5.41) is 2.81. The molecule has 0 aliphatic rings. The summed E-state index contributed by atoms with van der Waals surface area (Å²) in [5.41, 5.74) is -0.202.